The van der Waals surface area contributed by atoms with Crippen LogP contribution < -0.4 is 21.1 Å². The van der Waals surface area contributed by atoms with Crippen molar-refractivity contribution >= 4 is 51.6 Å². The molecule has 0 fully saturated rings. The molecule has 5 N–H and O–H groups in total. The van der Waals surface area contributed by atoms with E-state index in [0.717, 1.165) is 4.90 Å². The fraction of sp³-hybridized carbons (Fsp3) is 0.0857. The second-order valence-corrected chi connectivity index (χ2v) is 10.6. The third-order valence-electron chi connectivity index (χ3n) is 6.78. The molecule has 0 aliphatic rings. The third-order valence-corrected chi connectivity index (χ3v) is 7.52. The summed E-state index contributed by atoms with van der Waals surface area (Å²) in [5.74, 6) is 0.133. The van der Waals surface area contributed by atoms with Crippen LogP contribution >= 0.6 is 11.8 Å². The van der Waals surface area contributed by atoms with E-state index in [4.69, 9.17) is 15.2 Å². The second-order valence-electron chi connectivity index (χ2n) is 9.73. The number of amides is 2. The molecule has 222 valence electrons. The van der Waals surface area contributed by atoms with Crippen molar-refractivity contribution in [2.75, 3.05) is 22.6 Å². The van der Waals surface area contributed by atoms with Crippen LogP contribution in [0.5, 0.6) is 11.5 Å². The molecule has 0 aliphatic heterocycles. The molecule has 5 aromatic carbocycles. The van der Waals surface area contributed by atoms with Gasteiger partial charge in [0.25, 0.3) is 0 Å². The minimum absolute atomic E-state index is 0.0809. The molecule has 0 aromatic heterocycles. The van der Waals surface area contributed by atoms with E-state index < -0.39 is 24.2 Å². The SMILES string of the molecule is CSc1ccc(NC(=O)O[C@H](c2ccc(O)c3ccccc23)[C@@H](/C=C/C(=O)Nc2ccccc2N)Oc2ccccc2)cc1. The summed E-state index contributed by atoms with van der Waals surface area (Å²) >= 11 is 1.59. The molecule has 0 aliphatic carbocycles. The Kier molecular flexibility index (Phi) is 9.68. The van der Waals surface area contributed by atoms with Gasteiger partial charge in [-0.2, -0.15) is 0 Å². The van der Waals surface area contributed by atoms with Crippen molar-refractivity contribution in [3.05, 3.63) is 133 Å². The van der Waals surface area contributed by atoms with E-state index in [9.17, 15) is 14.7 Å². The molecule has 9 heteroatoms. The number of benzene rings is 5. The third kappa shape index (κ3) is 7.50. The number of nitrogens with one attached hydrogen (secondary N) is 2. The standard InChI is InChI=1S/C35H31N3O5S/c1-44-25-17-15-23(16-18-25)37-35(41)43-34(28-19-20-31(39)27-12-6-5-11-26(27)28)32(42-24-9-3-2-4-10-24)21-22-33(40)38-30-14-8-7-13-29(30)36/h2-22,32,34,39H,36H2,1H3,(H,37,41)(H,38,40)/b22-21+/t32-,34-/m1/s1. The number of carbonyl (C=O) groups excluding carboxylic acids is 2. The maximum absolute atomic E-state index is 13.4. The van der Waals surface area contributed by atoms with E-state index in [1.807, 2.05) is 54.8 Å². The van der Waals surface area contributed by atoms with E-state index in [0.29, 0.717) is 39.1 Å². The zero-order valence-corrected chi connectivity index (χ0v) is 24.7. The van der Waals surface area contributed by atoms with Gasteiger partial charge in [-0.25, -0.2) is 4.79 Å². The highest BCUT2D eigenvalue weighted by Crippen LogP contribution is 2.36. The lowest BCUT2D eigenvalue weighted by atomic mass is 9.96. The summed E-state index contributed by atoms with van der Waals surface area (Å²) < 4.78 is 12.4. The van der Waals surface area contributed by atoms with Crippen molar-refractivity contribution in [1.82, 2.24) is 0 Å². The van der Waals surface area contributed by atoms with Gasteiger partial charge >= 0.3 is 6.09 Å². The molecule has 0 saturated heterocycles. The lowest BCUT2D eigenvalue weighted by Gasteiger charge is -2.27. The number of phenols is 1. The normalized spacial score (nSPS) is 12.4. The van der Waals surface area contributed by atoms with Crippen LogP contribution in [-0.2, 0) is 9.53 Å². The number of anilines is 3. The number of para-hydroxylation sites is 3. The number of thioether (sulfide) groups is 1. The largest absolute Gasteiger partial charge is 0.507 e. The van der Waals surface area contributed by atoms with Gasteiger partial charge in [0.1, 0.15) is 11.5 Å². The first-order valence-electron chi connectivity index (χ1n) is 13.8. The minimum Gasteiger partial charge on any atom is -0.507 e. The Morgan fingerprint density at radius 2 is 1.50 bits per heavy atom. The van der Waals surface area contributed by atoms with E-state index in [-0.39, 0.29) is 5.75 Å². The highest BCUT2D eigenvalue weighted by Gasteiger charge is 2.30. The summed E-state index contributed by atoms with van der Waals surface area (Å²) in [7, 11) is 0. The molecule has 0 radical (unpaired) electrons. The predicted octanol–water partition coefficient (Wildman–Crippen LogP) is 7.78. The predicted molar refractivity (Wildman–Crippen MR) is 176 cm³/mol. The zero-order chi connectivity index (χ0) is 30.9. The molecule has 0 bridgehead atoms. The van der Waals surface area contributed by atoms with Crippen LogP contribution in [0.3, 0.4) is 0 Å². The van der Waals surface area contributed by atoms with Crippen LogP contribution in [0.2, 0.25) is 0 Å². The lowest BCUT2D eigenvalue weighted by molar-refractivity contribution is -0.112. The molecule has 0 unspecified atom stereocenters. The van der Waals surface area contributed by atoms with Crippen molar-refractivity contribution in [1.29, 1.82) is 0 Å². The van der Waals surface area contributed by atoms with Gasteiger partial charge in [-0.05, 0) is 72.3 Å². The average molecular weight is 606 g/mol. The molecular weight excluding hydrogens is 574 g/mol. The van der Waals surface area contributed by atoms with Crippen molar-refractivity contribution in [3.63, 3.8) is 0 Å². The summed E-state index contributed by atoms with van der Waals surface area (Å²) in [5, 5.41) is 17.4. The van der Waals surface area contributed by atoms with Crippen molar-refractivity contribution in [3.8, 4) is 11.5 Å². The fourth-order valence-corrected chi connectivity index (χ4v) is 5.03. The van der Waals surface area contributed by atoms with Gasteiger partial charge in [-0.15, -0.1) is 11.8 Å². The number of nitrogens with two attached hydrogens (primary N) is 1. The van der Waals surface area contributed by atoms with Crippen molar-refractivity contribution in [2.24, 2.45) is 0 Å². The first-order valence-corrected chi connectivity index (χ1v) is 15.0. The molecule has 2 atom stereocenters. The van der Waals surface area contributed by atoms with Crippen LogP contribution in [0, 0.1) is 0 Å². The van der Waals surface area contributed by atoms with Gasteiger partial charge in [0.15, 0.2) is 12.2 Å². The Morgan fingerprint density at radius 1 is 0.818 bits per heavy atom. The number of hydrogen-bond donors (Lipinski definition) is 4. The first kappa shape index (κ1) is 30.1. The van der Waals surface area contributed by atoms with Gasteiger partial charge in [-0.1, -0.05) is 60.7 Å². The Labute approximate surface area is 259 Å². The van der Waals surface area contributed by atoms with Crippen LogP contribution in [0.1, 0.15) is 11.7 Å². The van der Waals surface area contributed by atoms with E-state index >= 15 is 0 Å². The first-order chi connectivity index (χ1) is 21.4. The average Bonchev–Trinajstić information content (AvgIpc) is 3.04. The Balaban J connectivity index is 1.52. The summed E-state index contributed by atoms with van der Waals surface area (Å²) in [6.07, 6.45) is 2.09. The number of hydrogen-bond acceptors (Lipinski definition) is 7. The lowest BCUT2D eigenvalue weighted by Crippen LogP contribution is -2.30. The van der Waals surface area contributed by atoms with Crippen molar-refractivity contribution in [2.45, 2.75) is 17.1 Å². The number of fused-ring (bicyclic) bond motifs is 1. The molecule has 5 aromatic rings. The monoisotopic (exact) mass is 605 g/mol. The summed E-state index contributed by atoms with van der Waals surface area (Å²) in [4.78, 5) is 27.4. The fourth-order valence-electron chi connectivity index (χ4n) is 4.62. The molecule has 5 rings (SSSR count). The van der Waals surface area contributed by atoms with E-state index in [2.05, 4.69) is 10.6 Å². The molecule has 44 heavy (non-hydrogen) atoms. The highest BCUT2D eigenvalue weighted by atomic mass is 32.2. The molecule has 0 saturated carbocycles. The van der Waals surface area contributed by atoms with Crippen molar-refractivity contribution < 1.29 is 24.2 Å². The summed E-state index contributed by atoms with van der Waals surface area (Å²) in [6.45, 7) is 0. The van der Waals surface area contributed by atoms with Crippen LogP contribution in [0.15, 0.2) is 132 Å². The van der Waals surface area contributed by atoms with E-state index in [1.54, 1.807) is 78.5 Å². The number of nitrogen functional groups attached to an aromatic ring is 1. The van der Waals surface area contributed by atoms with Gasteiger partial charge in [0.2, 0.25) is 5.91 Å². The van der Waals surface area contributed by atoms with Gasteiger partial charge in [0, 0.05) is 27.6 Å². The minimum atomic E-state index is -1.04. The summed E-state index contributed by atoms with van der Waals surface area (Å²) in [5.41, 5.74) is 8.01. The molecule has 2 amide bonds. The van der Waals surface area contributed by atoms with Gasteiger partial charge in [0.05, 0.1) is 11.4 Å². The van der Waals surface area contributed by atoms with Crippen LogP contribution in [-0.4, -0.2) is 29.5 Å². The Hall–Kier alpha value is -5.41. The molecule has 0 heterocycles. The highest BCUT2D eigenvalue weighted by molar-refractivity contribution is 7.98. The van der Waals surface area contributed by atoms with Crippen LogP contribution in [0.25, 0.3) is 10.8 Å². The van der Waals surface area contributed by atoms with Gasteiger partial charge < -0.3 is 25.6 Å². The number of phenolic OH excluding ortho intramolecular Hbond substituents is 1. The second kappa shape index (κ2) is 14.2. The maximum atomic E-state index is 13.4. The number of ether oxygens (including phenoxy) is 2. The zero-order valence-electron chi connectivity index (χ0n) is 23.8. The topological polar surface area (TPSA) is 123 Å². The molecule has 8 nitrogen and oxygen atoms in total. The number of aromatic hydroxyl groups is 1. The van der Waals surface area contributed by atoms with Gasteiger partial charge in [-0.3, -0.25) is 10.1 Å². The van der Waals surface area contributed by atoms with E-state index in [1.165, 1.54) is 12.2 Å². The van der Waals surface area contributed by atoms with Crippen LogP contribution in [0.4, 0.5) is 21.9 Å². The Morgan fingerprint density at radius 3 is 2.23 bits per heavy atom. The molecular formula is C35H31N3O5S. The number of rotatable bonds is 10. The maximum Gasteiger partial charge on any atom is 0.412 e. The molecule has 0 spiro atoms. The quantitative estimate of drug-likeness (QED) is 0.0728. The summed E-state index contributed by atoms with van der Waals surface area (Å²) in [6, 6.07) is 33.8. The smallest absolute Gasteiger partial charge is 0.412 e. The number of carbonyl (C=O) groups is 2. The Bertz CT molecular complexity index is 1780.